The first-order chi connectivity index (χ1) is 8.69. The number of anilines is 2. The standard InChI is InChI=1S/C15H17BrN2/c1-2-18(15-9-7-14(17)8-10-15)11-12-3-5-13(16)6-4-12/h3-10H,2,11,17H2,1H3. The highest BCUT2D eigenvalue weighted by Gasteiger charge is 2.04. The van der Waals surface area contributed by atoms with Crippen LogP contribution in [-0.4, -0.2) is 6.54 Å². The van der Waals surface area contributed by atoms with Gasteiger partial charge in [0.25, 0.3) is 0 Å². The smallest absolute Gasteiger partial charge is 0.0429 e. The SMILES string of the molecule is CCN(Cc1ccc(Br)cc1)c1ccc(N)cc1. The summed E-state index contributed by atoms with van der Waals surface area (Å²) >= 11 is 3.45. The predicted molar refractivity (Wildman–Crippen MR) is 81.7 cm³/mol. The molecule has 0 saturated heterocycles. The first kappa shape index (κ1) is 13.0. The van der Waals surface area contributed by atoms with E-state index in [1.165, 1.54) is 11.3 Å². The van der Waals surface area contributed by atoms with Gasteiger partial charge >= 0.3 is 0 Å². The summed E-state index contributed by atoms with van der Waals surface area (Å²) in [6.45, 7) is 4.04. The molecule has 0 aliphatic carbocycles. The van der Waals surface area contributed by atoms with E-state index < -0.39 is 0 Å². The lowest BCUT2D eigenvalue weighted by Gasteiger charge is -2.23. The third-order valence-corrected chi connectivity index (χ3v) is 3.46. The molecule has 2 aromatic carbocycles. The van der Waals surface area contributed by atoms with Gasteiger partial charge in [0.2, 0.25) is 0 Å². The average molecular weight is 305 g/mol. The Bertz CT molecular complexity index is 491. The number of halogens is 1. The highest BCUT2D eigenvalue weighted by Crippen LogP contribution is 2.19. The molecule has 94 valence electrons. The van der Waals surface area contributed by atoms with Crippen LogP contribution in [0.1, 0.15) is 12.5 Å². The third-order valence-electron chi connectivity index (χ3n) is 2.93. The summed E-state index contributed by atoms with van der Waals surface area (Å²) in [6, 6.07) is 16.5. The van der Waals surface area contributed by atoms with E-state index in [0.717, 1.165) is 23.2 Å². The topological polar surface area (TPSA) is 29.3 Å². The quantitative estimate of drug-likeness (QED) is 0.863. The van der Waals surface area contributed by atoms with Crippen LogP contribution in [0.2, 0.25) is 0 Å². The maximum absolute atomic E-state index is 5.71. The van der Waals surface area contributed by atoms with Gasteiger partial charge in [0.15, 0.2) is 0 Å². The van der Waals surface area contributed by atoms with Crippen molar-refractivity contribution in [2.24, 2.45) is 0 Å². The monoisotopic (exact) mass is 304 g/mol. The minimum Gasteiger partial charge on any atom is -0.399 e. The Kier molecular flexibility index (Phi) is 4.26. The zero-order valence-electron chi connectivity index (χ0n) is 10.4. The van der Waals surface area contributed by atoms with Crippen molar-refractivity contribution in [2.45, 2.75) is 13.5 Å². The van der Waals surface area contributed by atoms with Crippen molar-refractivity contribution in [1.29, 1.82) is 0 Å². The van der Waals surface area contributed by atoms with Gasteiger partial charge in [0.05, 0.1) is 0 Å². The first-order valence-electron chi connectivity index (χ1n) is 6.04. The Balaban J connectivity index is 2.14. The molecular weight excluding hydrogens is 288 g/mol. The van der Waals surface area contributed by atoms with Crippen LogP contribution in [0.5, 0.6) is 0 Å². The second-order valence-electron chi connectivity index (χ2n) is 4.23. The van der Waals surface area contributed by atoms with Gasteiger partial charge in [-0.2, -0.15) is 0 Å². The molecule has 0 spiro atoms. The lowest BCUT2D eigenvalue weighted by atomic mass is 10.2. The molecule has 0 unspecified atom stereocenters. The molecule has 2 rings (SSSR count). The molecule has 0 saturated carbocycles. The molecule has 0 amide bonds. The normalized spacial score (nSPS) is 10.3. The molecule has 0 aromatic heterocycles. The Morgan fingerprint density at radius 1 is 1.00 bits per heavy atom. The summed E-state index contributed by atoms with van der Waals surface area (Å²) in [4.78, 5) is 2.32. The fraction of sp³-hybridized carbons (Fsp3) is 0.200. The minimum absolute atomic E-state index is 0.804. The molecule has 0 aliphatic rings. The summed E-state index contributed by atoms with van der Waals surface area (Å²) in [6.07, 6.45) is 0. The summed E-state index contributed by atoms with van der Waals surface area (Å²) < 4.78 is 1.11. The van der Waals surface area contributed by atoms with E-state index in [0.29, 0.717) is 0 Å². The number of benzene rings is 2. The predicted octanol–water partition coefficient (Wildman–Crippen LogP) is 4.06. The van der Waals surface area contributed by atoms with Crippen molar-refractivity contribution in [1.82, 2.24) is 0 Å². The van der Waals surface area contributed by atoms with E-state index in [9.17, 15) is 0 Å². The highest BCUT2D eigenvalue weighted by atomic mass is 79.9. The van der Waals surface area contributed by atoms with Gasteiger partial charge < -0.3 is 10.6 Å². The minimum atomic E-state index is 0.804. The summed E-state index contributed by atoms with van der Waals surface area (Å²) in [5.74, 6) is 0. The zero-order valence-corrected chi connectivity index (χ0v) is 12.0. The number of rotatable bonds is 4. The van der Waals surface area contributed by atoms with Crippen LogP contribution < -0.4 is 10.6 Å². The summed E-state index contributed by atoms with van der Waals surface area (Å²) in [7, 11) is 0. The van der Waals surface area contributed by atoms with Gasteiger partial charge in [-0.05, 0) is 48.9 Å². The molecule has 0 radical (unpaired) electrons. The molecule has 0 heterocycles. The van der Waals surface area contributed by atoms with Crippen molar-refractivity contribution in [3.63, 3.8) is 0 Å². The van der Waals surface area contributed by atoms with Crippen LogP contribution in [-0.2, 0) is 6.54 Å². The fourth-order valence-electron chi connectivity index (χ4n) is 1.88. The second kappa shape index (κ2) is 5.91. The van der Waals surface area contributed by atoms with Crippen LogP contribution in [0, 0.1) is 0 Å². The summed E-state index contributed by atoms with van der Waals surface area (Å²) in [5.41, 5.74) is 9.02. The van der Waals surface area contributed by atoms with E-state index in [2.05, 4.69) is 64.2 Å². The van der Waals surface area contributed by atoms with E-state index in [4.69, 9.17) is 5.73 Å². The maximum Gasteiger partial charge on any atom is 0.0429 e. The highest BCUT2D eigenvalue weighted by molar-refractivity contribution is 9.10. The van der Waals surface area contributed by atoms with Crippen LogP contribution in [0.25, 0.3) is 0 Å². The van der Waals surface area contributed by atoms with Crippen LogP contribution in [0.4, 0.5) is 11.4 Å². The van der Waals surface area contributed by atoms with Gasteiger partial charge in [-0.25, -0.2) is 0 Å². The number of hydrogen-bond donors (Lipinski definition) is 1. The van der Waals surface area contributed by atoms with Crippen molar-refractivity contribution < 1.29 is 0 Å². The van der Waals surface area contributed by atoms with E-state index in [-0.39, 0.29) is 0 Å². The molecule has 2 nitrogen and oxygen atoms in total. The molecule has 0 fully saturated rings. The largest absolute Gasteiger partial charge is 0.399 e. The van der Waals surface area contributed by atoms with Crippen molar-refractivity contribution in [3.05, 3.63) is 58.6 Å². The number of nitrogen functional groups attached to an aromatic ring is 1. The van der Waals surface area contributed by atoms with Gasteiger partial charge in [0, 0.05) is 28.9 Å². The maximum atomic E-state index is 5.71. The van der Waals surface area contributed by atoms with E-state index in [1.807, 2.05) is 12.1 Å². The van der Waals surface area contributed by atoms with Gasteiger partial charge in [-0.3, -0.25) is 0 Å². The molecule has 3 heteroatoms. The van der Waals surface area contributed by atoms with Crippen LogP contribution in [0.15, 0.2) is 53.0 Å². The second-order valence-corrected chi connectivity index (χ2v) is 5.15. The molecule has 18 heavy (non-hydrogen) atoms. The van der Waals surface area contributed by atoms with Crippen LogP contribution >= 0.6 is 15.9 Å². The first-order valence-corrected chi connectivity index (χ1v) is 6.83. The lowest BCUT2D eigenvalue weighted by molar-refractivity contribution is 0.832. The molecule has 2 N–H and O–H groups in total. The van der Waals surface area contributed by atoms with Crippen LogP contribution in [0.3, 0.4) is 0 Å². The Morgan fingerprint density at radius 3 is 2.17 bits per heavy atom. The molecule has 0 atom stereocenters. The summed E-state index contributed by atoms with van der Waals surface area (Å²) in [5, 5.41) is 0. The van der Waals surface area contributed by atoms with Gasteiger partial charge in [-0.1, -0.05) is 28.1 Å². The van der Waals surface area contributed by atoms with Gasteiger partial charge in [-0.15, -0.1) is 0 Å². The third kappa shape index (κ3) is 3.26. The fourth-order valence-corrected chi connectivity index (χ4v) is 2.15. The molecule has 0 aliphatic heterocycles. The average Bonchev–Trinajstić information content (AvgIpc) is 2.39. The van der Waals surface area contributed by atoms with Crippen molar-refractivity contribution >= 4 is 27.3 Å². The number of nitrogens with zero attached hydrogens (tertiary/aromatic N) is 1. The molecule has 2 aromatic rings. The number of nitrogens with two attached hydrogens (primary N) is 1. The Labute approximate surface area is 117 Å². The van der Waals surface area contributed by atoms with E-state index in [1.54, 1.807) is 0 Å². The van der Waals surface area contributed by atoms with E-state index >= 15 is 0 Å². The van der Waals surface area contributed by atoms with Crippen molar-refractivity contribution in [3.8, 4) is 0 Å². The molecule has 0 bridgehead atoms. The number of hydrogen-bond acceptors (Lipinski definition) is 2. The Morgan fingerprint density at radius 2 is 1.61 bits per heavy atom. The van der Waals surface area contributed by atoms with Gasteiger partial charge in [0.1, 0.15) is 0 Å². The lowest BCUT2D eigenvalue weighted by Crippen LogP contribution is -2.21. The molecular formula is C15H17BrN2. The Hall–Kier alpha value is -1.48. The zero-order chi connectivity index (χ0) is 13.0. The van der Waals surface area contributed by atoms with Crippen molar-refractivity contribution in [2.75, 3.05) is 17.2 Å².